The number of nitrogens with two attached hydrogens (primary N) is 1. The van der Waals surface area contributed by atoms with Gasteiger partial charge in [0.2, 0.25) is 0 Å². The van der Waals surface area contributed by atoms with Crippen LogP contribution < -0.4 is 10.5 Å². The van der Waals surface area contributed by atoms with Crippen molar-refractivity contribution in [2.75, 3.05) is 0 Å². The monoisotopic (exact) mass is 391 g/mol. The fourth-order valence-corrected chi connectivity index (χ4v) is 2.22. The third kappa shape index (κ3) is 3.75. The second-order valence-electron chi connectivity index (χ2n) is 5.13. The van der Waals surface area contributed by atoms with Crippen molar-refractivity contribution in [1.82, 2.24) is 19.8 Å². The standard InChI is InChI=1S/C14H7F6N5O2/c15-13(16,17)12-23-22-9-5-8(11(21)26)10(24-25(9)12)6-1-3-7(4-2-6)27-14(18,19)20/h1-5H,(H2,21,26). The highest BCUT2D eigenvalue weighted by atomic mass is 19.4. The maximum Gasteiger partial charge on any atom is 0.573 e. The molecule has 0 spiro atoms. The van der Waals surface area contributed by atoms with E-state index in [0.717, 1.165) is 30.3 Å². The summed E-state index contributed by atoms with van der Waals surface area (Å²) in [4.78, 5) is 11.6. The first-order chi connectivity index (χ1) is 12.5. The summed E-state index contributed by atoms with van der Waals surface area (Å²) in [5.41, 5.74) is 4.29. The van der Waals surface area contributed by atoms with Gasteiger partial charge in [0.25, 0.3) is 11.7 Å². The van der Waals surface area contributed by atoms with Crippen LogP contribution in [0.5, 0.6) is 5.75 Å². The summed E-state index contributed by atoms with van der Waals surface area (Å²) in [5.74, 6) is -3.02. The Labute approximate surface area is 145 Å². The first-order valence-corrected chi connectivity index (χ1v) is 6.95. The summed E-state index contributed by atoms with van der Waals surface area (Å²) >= 11 is 0. The second-order valence-corrected chi connectivity index (χ2v) is 5.13. The van der Waals surface area contributed by atoms with E-state index in [1.807, 2.05) is 0 Å². The molecule has 0 radical (unpaired) electrons. The molecule has 0 saturated heterocycles. The highest BCUT2D eigenvalue weighted by molar-refractivity contribution is 5.99. The third-order valence-electron chi connectivity index (χ3n) is 3.27. The number of carbonyl (C=O) groups is 1. The number of nitrogens with zero attached hydrogens (tertiary/aromatic N) is 4. The predicted octanol–water partition coefficient (Wildman–Crippen LogP) is 2.81. The van der Waals surface area contributed by atoms with E-state index in [-0.39, 0.29) is 22.5 Å². The summed E-state index contributed by atoms with van der Waals surface area (Å²) in [6.07, 6.45) is -9.79. The normalized spacial score (nSPS) is 12.4. The van der Waals surface area contributed by atoms with Crippen molar-refractivity contribution >= 4 is 11.6 Å². The molecule has 1 aromatic carbocycles. The highest BCUT2D eigenvalue weighted by Gasteiger charge is 2.38. The van der Waals surface area contributed by atoms with Crippen molar-refractivity contribution in [3.63, 3.8) is 0 Å². The summed E-state index contributed by atoms with van der Waals surface area (Å²) in [5, 5.41) is 9.98. The Bertz CT molecular complexity index is 1010. The van der Waals surface area contributed by atoms with Crippen molar-refractivity contribution in [2.45, 2.75) is 12.5 Å². The Morgan fingerprint density at radius 1 is 1.04 bits per heavy atom. The number of rotatable bonds is 3. The fourth-order valence-electron chi connectivity index (χ4n) is 2.22. The smallest absolute Gasteiger partial charge is 0.406 e. The largest absolute Gasteiger partial charge is 0.573 e. The topological polar surface area (TPSA) is 95.4 Å². The van der Waals surface area contributed by atoms with Gasteiger partial charge in [0, 0.05) is 5.56 Å². The average Bonchev–Trinajstić information content (AvgIpc) is 2.96. The molecular formula is C14H7F6N5O2. The number of hydrogen-bond donors (Lipinski definition) is 1. The molecule has 3 aromatic rings. The van der Waals surface area contributed by atoms with Crippen LogP contribution in [-0.2, 0) is 6.18 Å². The lowest BCUT2D eigenvalue weighted by Crippen LogP contribution is -2.18. The van der Waals surface area contributed by atoms with Crippen LogP contribution in [0.4, 0.5) is 26.3 Å². The zero-order valence-electron chi connectivity index (χ0n) is 12.8. The molecule has 0 saturated carbocycles. The second kappa shape index (κ2) is 6.10. The Morgan fingerprint density at radius 2 is 1.67 bits per heavy atom. The summed E-state index contributed by atoms with van der Waals surface area (Å²) in [6.45, 7) is 0. The molecule has 7 nitrogen and oxygen atoms in total. The van der Waals surface area contributed by atoms with E-state index in [4.69, 9.17) is 5.73 Å². The quantitative estimate of drug-likeness (QED) is 0.693. The van der Waals surface area contributed by atoms with Crippen LogP contribution in [-0.4, -0.2) is 32.1 Å². The molecular weight excluding hydrogens is 384 g/mol. The molecule has 0 aliphatic rings. The van der Waals surface area contributed by atoms with Crippen LogP contribution in [0.15, 0.2) is 30.3 Å². The van der Waals surface area contributed by atoms with E-state index in [1.165, 1.54) is 0 Å². The molecule has 0 unspecified atom stereocenters. The minimum absolute atomic E-state index is 0.0297. The zero-order chi connectivity index (χ0) is 20.0. The van der Waals surface area contributed by atoms with Gasteiger partial charge in [-0.05, 0) is 30.3 Å². The minimum atomic E-state index is -4.92. The van der Waals surface area contributed by atoms with Gasteiger partial charge in [0.05, 0.1) is 5.56 Å². The van der Waals surface area contributed by atoms with Gasteiger partial charge in [-0.3, -0.25) is 4.79 Å². The first-order valence-electron chi connectivity index (χ1n) is 6.95. The number of benzene rings is 1. The lowest BCUT2D eigenvalue weighted by atomic mass is 10.1. The molecule has 0 aliphatic carbocycles. The van der Waals surface area contributed by atoms with E-state index in [2.05, 4.69) is 20.0 Å². The molecule has 27 heavy (non-hydrogen) atoms. The van der Waals surface area contributed by atoms with Crippen molar-refractivity contribution in [2.24, 2.45) is 5.73 Å². The van der Waals surface area contributed by atoms with Crippen molar-refractivity contribution in [3.8, 4) is 17.0 Å². The Morgan fingerprint density at radius 3 is 2.19 bits per heavy atom. The molecule has 0 atom stereocenters. The number of amides is 1. The average molecular weight is 391 g/mol. The lowest BCUT2D eigenvalue weighted by Gasteiger charge is -2.11. The molecule has 13 heteroatoms. The van der Waals surface area contributed by atoms with Gasteiger partial charge in [-0.15, -0.1) is 23.4 Å². The van der Waals surface area contributed by atoms with Gasteiger partial charge in [-0.25, -0.2) is 0 Å². The van der Waals surface area contributed by atoms with Gasteiger partial charge in [0.1, 0.15) is 11.4 Å². The van der Waals surface area contributed by atoms with Crippen LogP contribution in [0, 0.1) is 0 Å². The fraction of sp³-hybridized carbons (Fsp3) is 0.143. The Balaban J connectivity index is 2.14. The zero-order valence-corrected chi connectivity index (χ0v) is 12.8. The molecule has 0 fully saturated rings. The van der Waals surface area contributed by atoms with Gasteiger partial charge in [-0.1, -0.05) is 0 Å². The summed E-state index contributed by atoms with van der Waals surface area (Å²) in [7, 11) is 0. The highest BCUT2D eigenvalue weighted by Crippen LogP contribution is 2.30. The summed E-state index contributed by atoms with van der Waals surface area (Å²) < 4.78 is 79.6. The van der Waals surface area contributed by atoms with Crippen molar-refractivity contribution in [1.29, 1.82) is 0 Å². The number of ether oxygens (including phenoxy) is 1. The Kier molecular flexibility index (Phi) is 4.16. The van der Waals surface area contributed by atoms with E-state index in [1.54, 1.807) is 0 Å². The number of halogens is 6. The number of aromatic nitrogens is 4. The van der Waals surface area contributed by atoms with Crippen LogP contribution in [0.1, 0.15) is 16.2 Å². The molecule has 142 valence electrons. The maximum absolute atomic E-state index is 13.0. The van der Waals surface area contributed by atoms with Crippen LogP contribution in [0.2, 0.25) is 0 Å². The van der Waals surface area contributed by atoms with Crippen molar-refractivity contribution < 1.29 is 35.9 Å². The number of fused-ring (bicyclic) bond motifs is 1. The summed E-state index contributed by atoms with van der Waals surface area (Å²) in [6, 6.07) is 4.94. The first kappa shape index (κ1) is 18.4. The number of primary amides is 1. The van der Waals surface area contributed by atoms with Crippen LogP contribution >= 0.6 is 0 Å². The Hall–Kier alpha value is -3.38. The number of alkyl halides is 6. The van der Waals surface area contributed by atoms with E-state index in [0.29, 0.717) is 4.52 Å². The van der Waals surface area contributed by atoms with Crippen LogP contribution in [0.3, 0.4) is 0 Å². The molecule has 3 rings (SSSR count). The van der Waals surface area contributed by atoms with Gasteiger partial charge in [0.15, 0.2) is 5.65 Å². The molecule has 0 aliphatic heterocycles. The van der Waals surface area contributed by atoms with Gasteiger partial charge >= 0.3 is 12.5 Å². The minimum Gasteiger partial charge on any atom is -0.406 e. The van der Waals surface area contributed by atoms with Crippen molar-refractivity contribution in [3.05, 3.63) is 41.7 Å². The van der Waals surface area contributed by atoms with E-state index >= 15 is 0 Å². The SMILES string of the molecule is NC(=O)c1cc2nnc(C(F)(F)F)n2nc1-c1ccc(OC(F)(F)F)cc1. The van der Waals surface area contributed by atoms with E-state index < -0.39 is 30.0 Å². The van der Waals surface area contributed by atoms with E-state index in [9.17, 15) is 31.1 Å². The third-order valence-corrected chi connectivity index (χ3v) is 3.27. The molecule has 2 aromatic heterocycles. The maximum atomic E-state index is 13.0. The lowest BCUT2D eigenvalue weighted by molar-refractivity contribution is -0.274. The number of hydrogen-bond acceptors (Lipinski definition) is 5. The molecule has 0 bridgehead atoms. The number of carbonyl (C=O) groups excluding carboxylic acids is 1. The molecule has 1 amide bonds. The van der Waals surface area contributed by atoms with Gasteiger partial charge < -0.3 is 10.5 Å². The predicted molar refractivity (Wildman–Crippen MR) is 76.4 cm³/mol. The molecule has 2 heterocycles. The molecule has 2 N–H and O–H groups in total. The van der Waals surface area contributed by atoms with Gasteiger partial charge in [-0.2, -0.15) is 22.8 Å². The van der Waals surface area contributed by atoms with Crippen LogP contribution in [0.25, 0.3) is 16.9 Å².